The summed E-state index contributed by atoms with van der Waals surface area (Å²) in [5, 5.41) is 0. The molecule has 62 valence electrons. The van der Waals surface area contributed by atoms with Crippen molar-refractivity contribution in [3.05, 3.63) is 0 Å². The Kier molecular flexibility index (Phi) is 9.77. The monoisotopic (exact) mass is 148 g/mol. The number of urea groups is 1. The number of rotatable bonds is 0. The van der Waals surface area contributed by atoms with Crippen LogP contribution in [0.4, 0.5) is 4.79 Å². The molecule has 0 aliphatic heterocycles. The van der Waals surface area contributed by atoms with Crippen LogP contribution in [0.1, 0.15) is 20.8 Å². The van der Waals surface area contributed by atoms with Gasteiger partial charge in [0.05, 0.1) is 0 Å². The van der Waals surface area contributed by atoms with Crippen LogP contribution < -0.4 is 22.5 Å². The molecule has 5 nitrogen and oxygen atoms in total. The molecule has 0 atom stereocenters. The van der Waals surface area contributed by atoms with Gasteiger partial charge in [-0.15, -0.1) is 0 Å². The molecule has 0 aromatic heterocycles. The van der Waals surface area contributed by atoms with Gasteiger partial charge in [-0.2, -0.15) is 0 Å². The van der Waals surface area contributed by atoms with Gasteiger partial charge in [0.2, 0.25) is 0 Å². The second-order valence-corrected chi connectivity index (χ2v) is 2.35. The molecule has 2 amide bonds. The molecule has 6 N–H and O–H groups in total. The number of carbonyl (C=O) groups is 1. The van der Waals surface area contributed by atoms with Crippen molar-refractivity contribution in [3.8, 4) is 0 Å². The number of hydrogen-bond acceptors (Lipinski definition) is 3. The molecule has 0 unspecified atom stereocenters. The van der Waals surface area contributed by atoms with E-state index in [1.807, 2.05) is 0 Å². The maximum absolute atomic E-state index is 9.71. The Labute approximate surface area is 61.1 Å². The minimum atomic E-state index is -0.602. The fraction of sp³-hybridized carbons (Fsp3) is 0.800. The second-order valence-electron chi connectivity index (χ2n) is 2.35. The molecule has 0 aliphatic rings. The molecule has 0 radical (unpaired) electrons. The number of hydrazine groups is 2. The maximum Gasteiger partial charge on any atom is 0.343 e. The van der Waals surface area contributed by atoms with Crippen molar-refractivity contribution in [1.29, 1.82) is 0 Å². The smallest absolute Gasteiger partial charge is 0.275 e. The summed E-state index contributed by atoms with van der Waals surface area (Å²) in [5.41, 5.74) is 3.48. The van der Waals surface area contributed by atoms with Crippen LogP contribution in [0.5, 0.6) is 0 Å². The lowest BCUT2D eigenvalue weighted by molar-refractivity contribution is 0.241. The van der Waals surface area contributed by atoms with E-state index in [4.69, 9.17) is 0 Å². The number of hydrogen-bond donors (Lipinski definition) is 4. The van der Waals surface area contributed by atoms with Gasteiger partial charge in [-0.25, -0.2) is 16.5 Å². The minimum absolute atomic E-state index is 0.602. The molecule has 0 bridgehead atoms. The average Bonchev–Trinajstić information content (AvgIpc) is 1.85. The summed E-state index contributed by atoms with van der Waals surface area (Å²) in [4.78, 5) is 9.71. The van der Waals surface area contributed by atoms with Crippen molar-refractivity contribution in [1.82, 2.24) is 10.9 Å². The van der Waals surface area contributed by atoms with E-state index in [0.29, 0.717) is 0 Å². The van der Waals surface area contributed by atoms with Gasteiger partial charge in [0.1, 0.15) is 0 Å². The third-order valence-electron chi connectivity index (χ3n) is 0.262. The first kappa shape index (κ1) is 11.9. The lowest BCUT2D eigenvalue weighted by Gasteiger charge is -1.90. The zero-order chi connectivity index (χ0) is 8.57. The van der Waals surface area contributed by atoms with Crippen LogP contribution >= 0.6 is 0 Å². The number of nitrogens with two attached hydrogens (primary N) is 2. The summed E-state index contributed by atoms with van der Waals surface area (Å²) in [7, 11) is 0. The Hall–Kier alpha value is -0.810. The summed E-state index contributed by atoms with van der Waals surface area (Å²) in [6.07, 6.45) is 0. The normalized spacial score (nSPS) is 7.80. The Morgan fingerprint density at radius 2 is 1.40 bits per heavy atom. The zero-order valence-electron chi connectivity index (χ0n) is 6.64. The van der Waals surface area contributed by atoms with E-state index in [0.717, 1.165) is 5.92 Å². The summed E-state index contributed by atoms with van der Waals surface area (Å²) in [6, 6.07) is -0.602. The highest BCUT2D eigenvalue weighted by Gasteiger charge is 1.83. The summed E-state index contributed by atoms with van der Waals surface area (Å²) >= 11 is 0. The Morgan fingerprint density at radius 1 is 1.20 bits per heavy atom. The van der Waals surface area contributed by atoms with Crippen molar-refractivity contribution in [2.75, 3.05) is 0 Å². The second kappa shape index (κ2) is 8.19. The van der Waals surface area contributed by atoms with Crippen molar-refractivity contribution in [3.63, 3.8) is 0 Å². The number of nitrogens with one attached hydrogen (secondary N) is 2. The fourth-order valence-corrected chi connectivity index (χ4v) is 0.0417. The van der Waals surface area contributed by atoms with E-state index in [1.165, 1.54) is 0 Å². The third-order valence-corrected chi connectivity index (χ3v) is 0.262. The molecule has 10 heavy (non-hydrogen) atoms. The summed E-state index contributed by atoms with van der Waals surface area (Å²) in [6.45, 7) is 6.50. The predicted octanol–water partition coefficient (Wildman–Crippen LogP) is -0.305. The predicted molar refractivity (Wildman–Crippen MR) is 40.6 cm³/mol. The van der Waals surface area contributed by atoms with Gasteiger partial charge in [-0.3, -0.25) is 10.9 Å². The molecular formula is C5H16N4O. The first-order chi connectivity index (χ1) is 4.54. The maximum atomic E-state index is 9.71. The fourth-order valence-electron chi connectivity index (χ4n) is 0.0417. The van der Waals surface area contributed by atoms with Gasteiger partial charge in [-0.05, 0) is 5.92 Å². The molecule has 0 heterocycles. The number of amides is 2. The van der Waals surface area contributed by atoms with E-state index in [-0.39, 0.29) is 0 Å². The highest BCUT2D eigenvalue weighted by atomic mass is 16.2. The summed E-state index contributed by atoms with van der Waals surface area (Å²) in [5.74, 6) is 9.91. The Balaban J connectivity index is 0. The van der Waals surface area contributed by atoms with Crippen LogP contribution in [0.15, 0.2) is 0 Å². The van der Waals surface area contributed by atoms with E-state index >= 15 is 0 Å². The van der Waals surface area contributed by atoms with Gasteiger partial charge in [-0.1, -0.05) is 20.8 Å². The largest absolute Gasteiger partial charge is 0.343 e. The SMILES string of the molecule is CC(C)C.NNC(=O)NN. The molecule has 0 aromatic rings. The van der Waals surface area contributed by atoms with Crippen LogP contribution in [0.3, 0.4) is 0 Å². The molecule has 0 fully saturated rings. The average molecular weight is 148 g/mol. The van der Waals surface area contributed by atoms with E-state index in [1.54, 1.807) is 10.9 Å². The van der Waals surface area contributed by atoms with Gasteiger partial charge < -0.3 is 0 Å². The van der Waals surface area contributed by atoms with Crippen LogP contribution in [0, 0.1) is 5.92 Å². The quantitative estimate of drug-likeness (QED) is 0.216. The first-order valence-corrected chi connectivity index (χ1v) is 3.01. The third kappa shape index (κ3) is 27.1. The first-order valence-electron chi connectivity index (χ1n) is 3.01. The van der Waals surface area contributed by atoms with E-state index in [2.05, 4.69) is 32.5 Å². The highest BCUT2D eigenvalue weighted by molar-refractivity contribution is 5.72. The van der Waals surface area contributed by atoms with Crippen LogP contribution in [0.25, 0.3) is 0 Å². The van der Waals surface area contributed by atoms with Crippen LogP contribution in [0.2, 0.25) is 0 Å². The molecule has 0 saturated heterocycles. The van der Waals surface area contributed by atoms with Crippen LogP contribution in [-0.4, -0.2) is 6.03 Å². The highest BCUT2D eigenvalue weighted by Crippen LogP contribution is 1.81. The van der Waals surface area contributed by atoms with Crippen molar-refractivity contribution in [2.24, 2.45) is 17.6 Å². The van der Waals surface area contributed by atoms with E-state index in [9.17, 15) is 4.79 Å². The van der Waals surface area contributed by atoms with Gasteiger partial charge >= 0.3 is 6.03 Å². The lowest BCUT2D eigenvalue weighted by atomic mass is 10.3. The molecule has 0 aliphatic carbocycles. The van der Waals surface area contributed by atoms with Crippen LogP contribution in [-0.2, 0) is 0 Å². The molecule has 0 spiro atoms. The minimum Gasteiger partial charge on any atom is -0.275 e. The van der Waals surface area contributed by atoms with Crippen molar-refractivity contribution >= 4 is 6.03 Å². The molecule has 0 aromatic carbocycles. The molecular weight excluding hydrogens is 132 g/mol. The Bertz CT molecular complexity index is 75.0. The van der Waals surface area contributed by atoms with Crippen molar-refractivity contribution in [2.45, 2.75) is 20.8 Å². The standard InChI is InChI=1S/C4H10.CH6N4O/c1-4(2)3;2-4-1(6)5-3/h4H,1-3H3;2-3H2,(H2,4,5,6). The van der Waals surface area contributed by atoms with Gasteiger partial charge in [0.25, 0.3) is 0 Å². The van der Waals surface area contributed by atoms with Crippen molar-refractivity contribution < 1.29 is 4.79 Å². The zero-order valence-corrected chi connectivity index (χ0v) is 6.64. The number of carbonyl (C=O) groups excluding carboxylic acids is 1. The van der Waals surface area contributed by atoms with Gasteiger partial charge in [0.15, 0.2) is 0 Å². The molecule has 0 rings (SSSR count). The molecule has 0 saturated carbocycles. The van der Waals surface area contributed by atoms with Gasteiger partial charge in [0, 0.05) is 0 Å². The summed E-state index contributed by atoms with van der Waals surface area (Å²) < 4.78 is 0. The molecule has 5 heteroatoms. The Morgan fingerprint density at radius 3 is 1.40 bits per heavy atom. The topological polar surface area (TPSA) is 93.2 Å². The lowest BCUT2D eigenvalue weighted by Crippen LogP contribution is -2.43. The van der Waals surface area contributed by atoms with E-state index < -0.39 is 6.03 Å².